The molecule has 3 heterocycles. The Kier molecular flexibility index (Phi) is 4.42. The summed E-state index contributed by atoms with van der Waals surface area (Å²) in [5.41, 5.74) is 2.13. The van der Waals surface area contributed by atoms with E-state index in [-0.39, 0.29) is 24.1 Å². The molecule has 5 rings (SSSR count). The van der Waals surface area contributed by atoms with Crippen LogP contribution in [0.3, 0.4) is 0 Å². The quantitative estimate of drug-likeness (QED) is 0.686. The van der Waals surface area contributed by atoms with E-state index in [9.17, 15) is 9.59 Å². The molecule has 0 unspecified atom stereocenters. The molecule has 1 fully saturated rings. The Labute approximate surface area is 167 Å². The summed E-state index contributed by atoms with van der Waals surface area (Å²) < 4.78 is 12.8. The van der Waals surface area contributed by atoms with Crippen molar-refractivity contribution in [3.63, 3.8) is 0 Å². The van der Waals surface area contributed by atoms with Gasteiger partial charge in [-0.1, -0.05) is 18.2 Å². The molecule has 1 atom stereocenters. The van der Waals surface area contributed by atoms with Crippen molar-refractivity contribution >= 4 is 16.9 Å². The molecule has 2 aromatic carbocycles. The number of amides is 1. The number of carbonyl (C=O) groups is 1. The van der Waals surface area contributed by atoms with E-state index in [4.69, 9.17) is 9.47 Å². The van der Waals surface area contributed by atoms with Gasteiger partial charge in [-0.2, -0.15) is 0 Å². The van der Waals surface area contributed by atoms with Crippen molar-refractivity contribution < 1.29 is 14.3 Å². The number of para-hydroxylation sites is 2. The zero-order valence-corrected chi connectivity index (χ0v) is 15.9. The van der Waals surface area contributed by atoms with Crippen LogP contribution in [0, 0.1) is 0 Å². The molecule has 2 aliphatic rings. The second-order valence-electron chi connectivity index (χ2n) is 7.32. The number of aromatic nitrogens is 2. The SMILES string of the molecule is O=C(Cn1c(=O)cnc2ccccc21)N1CCC[C@H]1c1ccc2c(c1)OCCO2. The summed E-state index contributed by atoms with van der Waals surface area (Å²) in [6.07, 6.45) is 3.09. The molecule has 1 aromatic heterocycles. The molecule has 148 valence electrons. The van der Waals surface area contributed by atoms with Gasteiger partial charge in [-0.25, -0.2) is 4.98 Å². The second-order valence-corrected chi connectivity index (χ2v) is 7.32. The van der Waals surface area contributed by atoms with E-state index in [1.807, 2.05) is 47.4 Å². The predicted molar refractivity (Wildman–Crippen MR) is 107 cm³/mol. The lowest BCUT2D eigenvalue weighted by Crippen LogP contribution is -2.36. The maximum absolute atomic E-state index is 13.2. The molecule has 7 heteroatoms. The number of rotatable bonds is 3. The molecule has 2 aliphatic heterocycles. The van der Waals surface area contributed by atoms with Gasteiger partial charge in [-0.15, -0.1) is 0 Å². The molecule has 1 amide bonds. The largest absolute Gasteiger partial charge is 0.486 e. The molecule has 7 nitrogen and oxygen atoms in total. The molecule has 0 bridgehead atoms. The number of nitrogens with zero attached hydrogens (tertiary/aromatic N) is 3. The highest BCUT2D eigenvalue weighted by Gasteiger charge is 2.31. The summed E-state index contributed by atoms with van der Waals surface area (Å²) >= 11 is 0. The van der Waals surface area contributed by atoms with Gasteiger partial charge in [0.15, 0.2) is 11.5 Å². The lowest BCUT2D eigenvalue weighted by Gasteiger charge is -2.27. The number of likely N-dealkylation sites (tertiary alicyclic amines) is 1. The van der Waals surface area contributed by atoms with Crippen LogP contribution in [0.25, 0.3) is 11.0 Å². The first kappa shape index (κ1) is 17.7. The molecular weight excluding hydrogens is 370 g/mol. The van der Waals surface area contributed by atoms with Crippen LogP contribution < -0.4 is 15.0 Å². The van der Waals surface area contributed by atoms with Crippen LogP contribution in [0.4, 0.5) is 0 Å². The minimum atomic E-state index is -0.271. The van der Waals surface area contributed by atoms with E-state index in [0.717, 1.165) is 29.9 Å². The van der Waals surface area contributed by atoms with Crippen LogP contribution >= 0.6 is 0 Å². The Hall–Kier alpha value is -3.35. The molecule has 29 heavy (non-hydrogen) atoms. The third-order valence-electron chi connectivity index (χ3n) is 5.57. The second kappa shape index (κ2) is 7.24. The smallest absolute Gasteiger partial charge is 0.269 e. The minimum Gasteiger partial charge on any atom is -0.486 e. The van der Waals surface area contributed by atoms with Crippen molar-refractivity contribution in [2.75, 3.05) is 19.8 Å². The van der Waals surface area contributed by atoms with E-state index in [2.05, 4.69) is 4.98 Å². The Morgan fingerprint density at radius 1 is 1.10 bits per heavy atom. The van der Waals surface area contributed by atoms with Gasteiger partial charge in [0, 0.05) is 6.54 Å². The third-order valence-corrected chi connectivity index (χ3v) is 5.57. The van der Waals surface area contributed by atoms with Gasteiger partial charge in [0.1, 0.15) is 19.8 Å². The molecule has 0 radical (unpaired) electrons. The number of fused-ring (bicyclic) bond motifs is 2. The Morgan fingerprint density at radius 2 is 1.93 bits per heavy atom. The molecule has 0 N–H and O–H groups in total. The first-order valence-electron chi connectivity index (χ1n) is 9.84. The molecule has 0 saturated carbocycles. The minimum absolute atomic E-state index is 0.00290. The van der Waals surface area contributed by atoms with Gasteiger partial charge >= 0.3 is 0 Å². The van der Waals surface area contributed by atoms with E-state index in [0.29, 0.717) is 30.8 Å². The number of benzene rings is 2. The van der Waals surface area contributed by atoms with E-state index in [1.165, 1.54) is 10.8 Å². The summed E-state index contributed by atoms with van der Waals surface area (Å²) in [5.74, 6) is 1.40. The number of carbonyl (C=O) groups excluding carboxylic acids is 1. The number of hydrogen-bond donors (Lipinski definition) is 0. The standard InChI is InChI=1S/C22H21N3O4/c26-21-13-23-16-4-1-2-5-18(16)25(21)14-22(27)24-9-3-6-17(24)15-7-8-19-20(12-15)29-11-10-28-19/h1-2,4-5,7-8,12-13,17H,3,6,9-11,14H2/t17-/m0/s1. The zero-order chi connectivity index (χ0) is 19.8. The van der Waals surface area contributed by atoms with Gasteiger partial charge in [0.2, 0.25) is 5.91 Å². The zero-order valence-electron chi connectivity index (χ0n) is 15.9. The molecule has 3 aromatic rings. The Bertz CT molecular complexity index is 1140. The van der Waals surface area contributed by atoms with Crippen molar-refractivity contribution in [3.05, 3.63) is 64.6 Å². The van der Waals surface area contributed by atoms with Crippen LogP contribution in [-0.2, 0) is 11.3 Å². The van der Waals surface area contributed by atoms with Gasteiger partial charge in [0.05, 0.1) is 23.3 Å². The first-order valence-corrected chi connectivity index (χ1v) is 9.84. The fourth-order valence-electron chi connectivity index (χ4n) is 4.18. The number of ether oxygens (including phenoxy) is 2. The van der Waals surface area contributed by atoms with Gasteiger partial charge in [-0.05, 0) is 42.7 Å². The fraction of sp³-hybridized carbons (Fsp3) is 0.318. The van der Waals surface area contributed by atoms with Crippen LogP contribution in [0.15, 0.2) is 53.5 Å². The fourth-order valence-corrected chi connectivity index (χ4v) is 4.18. The highest BCUT2D eigenvalue weighted by atomic mass is 16.6. The van der Waals surface area contributed by atoms with E-state index < -0.39 is 0 Å². The maximum Gasteiger partial charge on any atom is 0.269 e. The molecule has 1 saturated heterocycles. The molecule has 0 aliphatic carbocycles. The molecule has 0 spiro atoms. The normalized spacial score (nSPS) is 18.2. The van der Waals surface area contributed by atoms with Crippen LogP contribution in [0.5, 0.6) is 11.5 Å². The third kappa shape index (κ3) is 3.22. The monoisotopic (exact) mass is 391 g/mol. The Balaban J connectivity index is 1.43. The first-order chi connectivity index (χ1) is 14.2. The average molecular weight is 391 g/mol. The maximum atomic E-state index is 13.2. The van der Waals surface area contributed by atoms with Crippen molar-refractivity contribution in [1.29, 1.82) is 0 Å². The average Bonchev–Trinajstić information content (AvgIpc) is 3.25. The lowest BCUT2D eigenvalue weighted by atomic mass is 10.0. The van der Waals surface area contributed by atoms with Crippen LogP contribution in [0.2, 0.25) is 0 Å². The van der Waals surface area contributed by atoms with E-state index in [1.54, 1.807) is 0 Å². The summed E-state index contributed by atoms with van der Waals surface area (Å²) in [6, 6.07) is 13.2. The topological polar surface area (TPSA) is 73.7 Å². The van der Waals surface area contributed by atoms with Gasteiger partial charge < -0.3 is 14.4 Å². The highest BCUT2D eigenvalue weighted by Crippen LogP contribution is 2.38. The predicted octanol–water partition coefficient (Wildman–Crippen LogP) is 2.53. The summed E-state index contributed by atoms with van der Waals surface area (Å²) in [6.45, 7) is 1.76. The molecular formula is C22H21N3O4. The Morgan fingerprint density at radius 3 is 2.83 bits per heavy atom. The summed E-state index contributed by atoms with van der Waals surface area (Å²) in [7, 11) is 0. The van der Waals surface area contributed by atoms with Crippen molar-refractivity contribution in [2.24, 2.45) is 0 Å². The van der Waals surface area contributed by atoms with Crippen LogP contribution in [0.1, 0.15) is 24.4 Å². The summed E-state index contributed by atoms with van der Waals surface area (Å²) in [5, 5.41) is 0. The highest BCUT2D eigenvalue weighted by molar-refractivity contribution is 5.80. The summed E-state index contributed by atoms with van der Waals surface area (Å²) in [4.78, 5) is 31.6. The van der Waals surface area contributed by atoms with Gasteiger partial charge in [0.25, 0.3) is 5.56 Å². The lowest BCUT2D eigenvalue weighted by molar-refractivity contribution is -0.132. The number of hydrogen-bond acceptors (Lipinski definition) is 5. The van der Waals surface area contributed by atoms with Crippen molar-refractivity contribution in [2.45, 2.75) is 25.4 Å². The van der Waals surface area contributed by atoms with Crippen molar-refractivity contribution in [3.8, 4) is 11.5 Å². The van der Waals surface area contributed by atoms with Gasteiger partial charge in [-0.3, -0.25) is 14.2 Å². The van der Waals surface area contributed by atoms with Crippen molar-refractivity contribution in [1.82, 2.24) is 14.5 Å². The van der Waals surface area contributed by atoms with Crippen LogP contribution in [-0.4, -0.2) is 40.1 Å². The van der Waals surface area contributed by atoms with E-state index >= 15 is 0 Å².